The van der Waals surface area contributed by atoms with Gasteiger partial charge in [0.05, 0.1) is 0 Å². The molecule has 0 spiro atoms. The number of hydrogen-bond acceptors (Lipinski definition) is 3. The molecule has 0 bridgehead atoms. The Labute approximate surface area is 151 Å². The van der Waals surface area contributed by atoms with Crippen molar-refractivity contribution in [2.24, 2.45) is 0 Å². The van der Waals surface area contributed by atoms with E-state index in [9.17, 15) is 9.59 Å². The summed E-state index contributed by atoms with van der Waals surface area (Å²) in [5.41, 5.74) is 0.870. The minimum atomic E-state index is -0.803. The normalized spacial score (nSPS) is 19.2. The molecule has 1 fully saturated rings. The van der Waals surface area contributed by atoms with Crippen LogP contribution in [0.4, 0.5) is 4.79 Å². The highest BCUT2D eigenvalue weighted by atomic mass is 35.5. The zero-order valence-corrected chi connectivity index (χ0v) is 14.7. The highest BCUT2D eigenvalue weighted by molar-refractivity contribution is 6.30. The van der Waals surface area contributed by atoms with Crippen molar-refractivity contribution in [1.29, 1.82) is 0 Å². The van der Waals surface area contributed by atoms with Gasteiger partial charge in [-0.25, -0.2) is 9.69 Å². The summed E-state index contributed by atoms with van der Waals surface area (Å²) < 4.78 is 5.43. The summed E-state index contributed by atoms with van der Waals surface area (Å²) in [6.45, 7) is 3.61. The van der Waals surface area contributed by atoms with E-state index in [4.69, 9.17) is 16.3 Å². The van der Waals surface area contributed by atoms with Crippen molar-refractivity contribution in [3.8, 4) is 0 Å². The van der Waals surface area contributed by atoms with Crippen LogP contribution in [0, 0.1) is 0 Å². The van der Waals surface area contributed by atoms with E-state index < -0.39 is 23.6 Å². The van der Waals surface area contributed by atoms with E-state index in [1.54, 1.807) is 44.2 Å². The van der Waals surface area contributed by atoms with Gasteiger partial charge in [0.2, 0.25) is 0 Å². The Kier molecular flexibility index (Phi) is 4.64. The zero-order chi connectivity index (χ0) is 18.0. The van der Waals surface area contributed by atoms with Crippen LogP contribution in [-0.4, -0.2) is 22.5 Å². The van der Waals surface area contributed by atoms with Gasteiger partial charge in [-0.2, -0.15) is 0 Å². The van der Waals surface area contributed by atoms with Gasteiger partial charge in [0.25, 0.3) is 5.91 Å². The lowest BCUT2D eigenvalue weighted by atomic mass is 9.91. The summed E-state index contributed by atoms with van der Waals surface area (Å²) in [6.07, 6.45) is 2.39. The predicted molar refractivity (Wildman–Crippen MR) is 97.1 cm³/mol. The Morgan fingerprint density at radius 3 is 2.40 bits per heavy atom. The van der Waals surface area contributed by atoms with E-state index in [-0.39, 0.29) is 0 Å². The van der Waals surface area contributed by atoms with E-state index in [0.29, 0.717) is 5.02 Å². The second-order valence-corrected chi connectivity index (χ2v) is 6.81. The molecule has 0 aromatic heterocycles. The molecule has 5 heteroatoms. The first-order valence-electron chi connectivity index (χ1n) is 7.93. The Hall–Kier alpha value is -2.59. The Morgan fingerprint density at radius 2 is 1.76 bits per heavy atom. The Morgan fingerprint density at radius 1 is 1.12 bits per heavy atom. The fraction of sp³-hybridized carbons (Fsp3) is 0.200. The second kappa shape index (κ2) is 6.73. The average molecular weight is 356 g/mol. The molecule has 0 aliphatic carbocycles. The van der Waals surface area contributed by atoms with E-state index in [1.807, 2.05) is 30.3 Å². The minimum absolute atomic E-state index is 0.417. The third kappa shape index (κ3) is 3.59. The maximum absolute atomic E-state index is 12.7. The lowest BCUT2D eigenvalue weighted by molar-refractivity contribution is -0.124. The summed E-state index contributed by atoms with van der Waals surface area (Å²) in [5.74, 6) is -0.417. The van der Waals surface area contributed by atoms with Crippen LogP contribution in [-0.2, 0) is 9.53 Å². The molecule has 1 saturated heterocycles. The first-order chi connectivity index (χ1) is 11.9. The summed E-state index contributed by atoms with van der Waals surface area (Å²) in [4.78, 5) is 26.2. The van der Waals surface area contributed by atoms with Crippen LogP contribution in [0.2, 0.25) is 5.02 Å². The minimum Gasteiger partial charge on any atom is -0.440 e. The summed E-state index contributed by atoms with van der Waals surface area (Å²) >= 11 is 5.85. The molecule has 1 aliphatic heterocycles. The van der Waals surface area contributed by atoms with E-state index in [1.165, 1.54) is 11.0 Å². The van der Waals surface area contributed by atoms with Crippen LogP contribution >= 0.6 is 11.6 Å². The van der Waals surface area contributed by atoms with Crippen molar-refractivity contribution < 1.29 is 14.3 Å². The first kappa shape index (κ1) is 17.2. The molecular formula is C20H18ClNO3. The van der Waals surface area contributed by atoms with Crippen molar-refractivity contribution in [2.75, 3.05) is 0 Å². The molecule has 2 amide bonds. The first-order valence-corrected chi connectivity index (χ1v) is 8.31. The second-order valence-electron chi connectivity index (χ2n) is 6.38. The number of ether oxygens (including phenoxy) is 1. The van der Waals surface area contributed by atoms with Gasteiger partial charge in [-0.05, 0) is 43.2 Å². The van der Waals surface area contributed by atoms with E-state index in [0.717, 1.165) is 11.1 Å². The molecule has 25 heavy (non-hydrogen) atoms. The fourth-order valence-electron chi connectivity index (χ4n) is 2.97. The molecule has 2 aromatic carbocycles. The van der Waals surface area contributed by atoms with Crippen molar-refractivity contribution in [3.05, 3.63) is 76.8 Å². The lowest BCUT2D eigenvalue weighted by Crippen LogP contribution is -2.37. The predicted octanol–water partition coefficient (Wildman–Crippen LogP) is 4.85. The van der Waals surface area contributed by atoms with Gasteiger partial charge in [-0.3, -0.25) is 4.79 Å². The highest BCUT2D eigenvalue weighted by Gasteiger charge is 2.50. The number of amides is 2. The van der Waals surface area contributed by atoms with Crippen molar-refractivity contribution in [3.63, 3.8) is 0 Å². The third-order valence-corrected chi connectivity index (χ3v) is 4.36. The van der Waals surface area contributed by atoms with Crippen LogP contribution in [0.1, 0.15) is 31.0 Å². The standard InChI is InChI=1S/C20H18ClNO3/c1-20(2)18(15-6-4-3-5-7-15)22(19(24)25-20)17(23)13-10-14-8-11-16(21)12-9-14/h3-13,18H,1-2H3/b13-10+/t18-/m1/s1. The fourth-order valence-corrected chi connectivity index (χ4v) is 3.10. The molecule has 128 valence electrons. The maximum atomic E-state index is 12.7. The number of hydrogen-bond donors (Lipinski definition) is 0. The highest BCUT2D eigenvalue weighted by Crippen LogP contribution is 2.41. The van der Waals surface area contributed by atoms with Crippen molar-refractivity contribution >= 4 is 29.7 Å². The van der Waals surface area contributed by atoms with Crippen LogP contribution in [0.5, 0.6) is 0 Å². The molecule has 0 radical (unpaired) electrons. The quantitative estimate of drug-likeness (QED) is 0.739. The van der Waals surface area contributed by atoms with Crippen LogP contribution in [0.15, 0.2) is 60.7 Å². The van der Waals surface area contributed by atoms with Gasteiger partial charge >= 0.3 is 6.09 Å². The van der Waals surface area contributed by atoms with Gasteiger partial charge in [-0.1, -0.05) is 54.1 Å². The third-order valence-electron chi connectivity index (χ3n) is 4.10. The number of halogens is 1. The SMILES string of the molecule is CC1(C)OC(=O)N(C(=O)/C=C/c2ccc(Cl)cc2)[C@@H]1c1ccccc1. The Bertz CT molecular complexity index is 813. The summed E-state index contributed by atoms with van der Waals surface area (Å²) in [7, 11) is 0. The topological polar surface area (TPSA) is 46.6 Å². The van der Waals surface area contributed by atoms with E-state index in [2.05, 4.69) is 0 Å². The number of carbonyl (C=O) groups is 2. The van der Waals surface area contributed by atoms with Crippen LogP contribution in [0.3, 0.4) is 0 Å². The van der Waals surface area contributed by atoms with Crippen molar-refractivity contribution in [1.82, 2.24) is 4.90 Å². The Balaban J connectivity index is 1.89. The number of nitrogens with zero attached hydrogens (tertiary/aromatic N) is 1. The van der Waals surface area contributed by atoms with Gasteiger partial charge in [0.15, 0.2) is 0 Å². The number of benzene rings is 2. The molecule has 1 heterocycles. The van der Waals surface area contributed by atoms with Gasteiger partial charge in [0, 0.05) is 11.1 Å². The van der Waals surface area contributed by atoms with Gasteiger partial charge < -0.3 is 4.74 Å². The molecule has 1 aliphatic rings. The summed E-state index contributed by atoms with van der Waals surface area (Å²) in [5, 5.41) is 0.623. The van der Waals surface area contributed by atoms with E-state index >= 15 is 0 Å². The molecule has 0 saturated carbocycles. The molecule has 3 rings (SSSR count). The van der Waals surface area contributed by atoms with Gasteiger partial charge in [0.1, 0.15) is 11.6 Å². The van der Waals surface area contributed by atoms with Gasteiger partial charge in [-0.15, -0.1) is 0 Å². The number of carbonyl (C=O) groups excluding carboxylic acids is 2. The van der Waals surface area contributed by atoms with Crippen LogP contribution < -0.4 is 0 Å². The largest absolute Gasteiger partial charge is 0.440 e. The molecule has 0 N–H and O–H groups in total. The number of cyclic esters (lactones) is 1. The monoisotopic (exact) mass is 355 g/mol. The molecular weight excluding hydrogens is 338 g/mol. The number of rotatable bonds is 3. The smallest absolute Gasteiger partial charge is 0.418 e. The molecule has 2 aromatic rings. The molecule has 0 unspecified atom stereocenters. The zero-order valence-electron chi connectivity index (χ0n) is 14.0. The van der Waals surface area contributed by atoms with Crippen molar-refractivity contribution in [2.45, 2.75) is 25.5 Å². The van der Waals surface area contributed by atoms with Crippen LogP contribution in [0.25, 0.3) is 6.08 Å². The molecule has 4 nitrogen and oxygen atoms in total. The maximum Gasteiger partial charge on any atom is 0.418 e. The average Bonchev–Trinajstić information content (AvgIpc) is 2.83. The molecule has 1 atom stereocenters. The number of imide groups is 1. The summed E-state index contributed by atoms with van der Waals surface area (Å²) in [6, 6.07) is 16.0. The lowest BCUT2D eigenvalue weighted by Gasteiger charge is -2.27.